The fourth-order valence-corrected chi connectivity index (χ4v) is 3.23. The molecule has 1 aromatic heterocycles. The van der Waals surface area contributed by atoms with Gasteiger partial charge in [0.15, 0.2) is 0 Å². The lowest BCUT2D eigenvalue weighted by atomic mass is 10.1. The van der Waals surface area contributed by atoms with E-state index in [0.29, 0.717) is 0 Å². The minimum atomic E-state index is 0. The first-order valence-corrected chi connectivity index (χ1v) is 8.46. The van der Waals surface area contributed by atoms with E-state index in [1.165, 1.54) is 16.5 Å². The van der Waals surface area contributed by atoms with Crippen LogP contribution in [0.1, 0.15) is 11.1 Å². The van der Waals surface area contributed by atoms with Gasteiger partial charge in [-0.25, -0.2) is 9.13 Å². The topological polar surface area (TPSA) is 18.0 Å². The van der Waals surface area contributed by atoms with Crippen molar-refractivity contribution in [3.63, 3.8) is 0 Å². The molecule has 3 aromatic carbocycles. The van der Waals surface area contributed by atoms with Crippen LogP contribution in [0, 0.1) is 0 Å². The maximum Gasteiger partial charge on any atom is 0.244 e. The molecule has 132 valence electrons. The van der Waals surface area contributed by atoms with E-state index < -0.39 is 0 Å². The van der Waals surface area contributed by atoms with Crippen molar-refractivity contribution >= 4 is 10.8 Å². The molecule has 0 unspecified atom stereocenters. The third-order valence-electron chi connectivity index (χ3n) is 4.42. The second kappa shape index (κ2) is 8.19. The summed E-state index contributed by atoms with van der Waals surface area (Å²) in [6, 6.07) is 23.2. The van der Waals surface area contributed by atoms with Crippen LogP contribution < -0.4 is 26.3 Å². The molecule has 0 saturated carbocycles. The van der Waals surface area contributed by atoms with Gasteiger partial charge in [-0.2, -0.15) is 0 Å². The molecule has 0 aliphatic carbocycles. The van der Waals surface area contributed by atoms with Crippen molar-refractivity contribution in [3.05, 3.63) is 96.6 Å². The van der Waals surface area contributed by atoms with E-state index in [1.807, 2.05) is 12.1 Å². The molecule has 0 amide bonds. The summed E-state index contributed by atoms with van der Waals surface area (Å²) in [5.74, 6) is 0.928. The molecule has 0 aliphatic heterocycles. The fourth-order valence-electron chi connectivity index (χ4n) is 3.23. The van der Waals surface area contributed by atoms with E-state index in [1.54, 1.807) is 7.11 Å². The molecule has 0 bridgehead atoms. The van der Waals surface area contributed by atoms with Crippen LogP contribution in [0.5, 0.6) is 5.75 Å². The lowest BCUT2D eigenvalue weighted by Gasteiger charge is -2.08. The Balaban J connectivity index is 0.00000196. The average molecular weight is 409 g/mol. The van der Waals surface area contributed by atoms with Crippen LogP contribution in [-0.4, -0.2) is 11.7 Å². The summed E-state index contributed by atoms with van der Waals surface area (Å²) < 4.78 is 9.98. The predicted octanol–water partition coefficient (Wildman–Crippen LogP) is 1.04. The van der Waals surface area contributed by atoms with E-state index in [4.69, 9.17) is 4.74 Å². The molecule has 4 rings (SSSR count). The first-order chi connectivity index (χ1) is 12.3. The Bertz CT molecular complexity index is 995. The molecule has 0 fully saturated rings. The highest BCUT2D eigenvalue weighted by Gasteiger charge is 2.09. The largest absolute Gasteiger partial charge is 1.00 e. The molecule has 0 radical (unpaired) electrons. The highest BCUT2D eigenvalue weighted by atomic mass is 79.9. The minimum Gasteiger partial charge on any atom is -1.00 e. The van der Waals surface area contributed by atoms with Gasteiger partial charge in [-0.15, -0.1) is 0 Å². The number of hydrogen-bond acceptors (Lipinski definition) is 1. The van der Waals surface area contributed by atoms with Crippen LogP contribution in [0.3, 0.4) is 0 Å². The quantitative estimate of drug-likeness (QED) is 0.451. The molecule has 0 N–H and O–H groups in total. The van der Waals surface area contributed by atoms with Crippen LogP contribution >= 0.6 is 0 Å². The molecular formula is C22H21BrN2O. The fraction of sp³-hybridized carbons (Fsp3) is 0.136. The van der Waals surface area contributed by atoms with Crippen LogP contribution in [0.25, 0.3) is 10.8 Å². The summed E-state index contributed by atoms with van der Waals surface area (Å²) in [5.41, 5.74) is 2.54. The third-order valence-corrected chi connectivity index (χ3v) is 4.42. The maximum atomic E-state index is 5.58. The first kappa shape index (κ1) is 18.2. The zero-order valence-electron chi connectivity index (χ0n) is 14.7. The van der Waals surface area contributed by atoms with Crippen LogP contribution in [0.2, 0.25) is 0 Å². The molecule has 3 nitrogen and oxygen atoms in total. The number of rotatable bonds is 5. The standard InChI is InChI=1S/C22H21N2O.BrH/c1-25-22-14-19(13-20-9-5-6-10-21(20)22)16-24-12-11-23(17-24)15-18-7-3-2-4-8-18;/h2-14,17H,15-16H2,1H3;1H/q+1;/p-1. The number of methoxy groups -OCH3 is 1. The van der Waals surface area contributed by atoms with Gasteiger partial charge in [0.1, 0.15) is 31.2 Å². The van der Waals surface area contributed by atoms with Gasteiger partial charge in [-0.05, 0) is 28.6 Å². The van der Waals surface area contributed by atoms with Crippen LogP contribution in [0.4, 0.5) is 0 Å². The molecule has 4 heteroatoms. The Kier molecular flexibility index (Phi) is 5.74. The Morgan fingerprint density at radius 3 is 2.50 bits per heavy atom. The van der Waals surface area contributed by atoms with E-state index in [0.717, 1.165) is 24.2 Å². The molecule has 4 aromatic rings. The smallest absolute Gasteiger partial charge is 0.244 e. The lowest BCUT2D eigenvalue weighted by Crippen LogP contribution is -3.00. The number of ether oxygens (including phenoxy) is 1. The van der Waals surface area contributed by atoms with Gasteiger partial charge in [-0.3, -0.25) is 0 Å². The van der Waals surface area contributed by atoms with Gasteiger partial charge in [0.25, 0.3) is 0 Å². The number of benzene rings is 3. The number of nitrogens with zero attached hydrogens (tertiary/aromatic N) is 2. The summed E-state index contributed by atoms with van der Waals surface area (Å²) in [5, 5.41) is 2.36. The van der Waals surface area contributed by atoms with Gasteiger partial charge >= 0.3 is 0 Å². The highest BCUT2D eigenvalue weighted by Crippen LogP contribution is 2.27. The Morgan fingerprint density at radius 1 is 0.923 bits per heavy atom. The number of hydrogen-bond donors (Lipinski definition) is 0. The molecular weight excluding hydrogens is 388 g/mol. The summed E-state index contributed by atoms with van der Waals surface area (Å²) in [6.45, 7) is 1.71. The van der Waals surface area contributed by atoms with Gasteiger partial charge < -0.3 is 21.7 Å². The van der Waals surface area contributed by atoms with Crippen molar-refractivity contribution in [2.75, 3.05) is 7.11 Å². The number of fused-ring (bicyclic) bond motifs is 1. The molecule has 0 aliphatic rings. The van der Waals surface area contributed by atoms with E-state index in [2.05, 4.69) is 82.5 Å². The van der Waals surface area contributed by atoms with Gasteiger partial charge in [0, 0.05) is 5.39 Å². The minimum absolute atomic E-state index is 0. The normalized spacial score (nSPS) is 10.5. The summed E-state index contributed by atoms with van der Waals surface area (Å²) in [4.78, 5) is 0. The van der Waals surface area contributed by atoms with Gasteiger partial charge in [0.2, 0.25) is 6.33 Å². The van der Waals surface area contributed by atoms with Crippen molar-refractivity contribution in [2.45, 2.75) is 13.1 Å². The second-order valence-electron chi connectivity index (χ2n) is 6.26. The maximum absolute atomic E-state index is 5.58. The molecule has 26 heavy (non-hydrogen) atoms. The summed E-state index contributed by atoms with van der Waals surface area (Å²) >= 11 is 0. The summed E-state index contributed by atoms with van der Waals surface area (Å²) in [6.07, 6.45) is 6.38. The van der Waals surface area contributed by atoms with Crippen LogP contribution in [-0.2, 0) is 13.1 Å². The Labute approximate surface area is 164 Å². The van der Waals surface area contributed by atoms with Crippen LogP contribution in [0.15, 0.2) is 85.5 Å². The van der Waals surface area contributed by atoms with Gasteiger partial charge in [-0.1, -0.05) is 54.6 Å². The molecule has 0 atom stereocenters. The van der Waals surface area contributed by atoms with E-state index in [-0.39, 0.29) is 17.0 Å². The van der Waals surface area contributed by atoms with Crippen molar-refractivity contribution < 1.29 is 26.3 Å². The average Bonchev–Trinajstić information content (AvgIpc) is 3.08. The van der Waals surface area contributed by atoms with Crippen molar-refractivity contribution in [1.29, 1.82) is 0 Å². The first-order valence-electron chi connectivity index (χ1n) is 8.46. The third kappa shape index (κ3) is 3.97. The zero-order chi connectivity index (χ0) is 17.1. The predicted molar refractivity (Wildman–Crippen MR) is 99.8 cm³/mol. The van der Waals surface area contributed by atoms with Gasteiger partial charge in [0.05, 0.1) is 7.11 Å². The second-order valence-corrected chi connectivity index (χ2v) is 6.26. The van der Waals surface area contributed by atoms with Crippen molar-refractivity contribution in [2.24, 2.45) is 0 Å². The highest BCUT2D eigenvalue weighted by molar-refractivity contribution is 5.89. The number of aromatic nitrogens is 2. The molecule has 0 saturated heterocycles. The monoisotopic (exact) mass is 408 g/mol. The molecule has 0 spiro atoms. The van der Waals surface area contributed by atoms with Crippen molar-refractivity contribution in [3.8, 4) is 5.75 Å². The zero-order valence-corrected chi connectivity index (χ0v) is 16.3. The Hall–Kier alpha value is -2.59. The SMILES string of the molecule is COc1cc(C[n+]2ccn(Cc3ccccc3)c2)cc2ccccc12.[Br-]. The Morgan fingerprint density at radius 2 is 1.69 bits per heavy atom. The number of halogens is 1. The van der Waals surface area contributed by atoms with Crippen molar-refractivity contribution in [1.82, 2.24) is 4.57 Å². The lowest BCUT2D eigenvalue weighted by molar-refractivity contribution is -0.687. The van der Waals surface area contributed by atoms with E-state index in [9.17, 15) is 0 Å². The molecule has 1 heterocycles. The van der Waals surface area contributed by atoms with E-state index >= 15 is 0 Å². The summed E-state index contributed by atoms with van der Waals surface area (Å²) in [7, 11) is 1.73. The number of imidazole rings is 1.